The van der Waals surface area contributed by atoms with Gasteiger partial charge in [0.2, 0.25) is 11.8 Å². The van der Waals surface area contributed by atoms with E-state index in [9.17, 15) is 9.59 Å². The SMILES string of the molecule is CCC(C)[C@H](N)C(=O)N(C)CC(N)=O. The normalized spacial score (nSPS) is 14.6. The Balaban J connectivity index is 4.23. The first-order chi connectivity index (χ1) is 6.40. The van der Waals surface area contributed by atoms with Crippen molar-refractivity contribution in [3.05, 3.63) is 0 Å². The van der Waals surface area contributed by atoms with Crippen molar-refractivity contribution >= 4 is 11.8 Å². The summed E-state index contributed by atoms with van der Waals surface area (Å²) in [6.07, 6.45) is 0.831. The van der Waals surface area contributed by atoms with Crippen molar-refractivity contribution in [2.75, 3.05) is 13.6 Å². The lowest BCUT2D eigenvalue weighted by atomic mass is 9.99. The predicted molar refractivity (Wildman–Crippen MR) is 54.3 cm³/mol. The topological polar surface area (TPSA) is 89.4 Å². The summed E-state index contributed by atoms with van der Waals surface area (Å²) in [5, 5.41) is 0. The largest absolute Gasteiger partial charge is 0.368 e. The van der Waals surface area contributed by atoms with E-state index in [1.165, 1.54) is 11.9 Å². The van der Waals surface area contributed by atoms with Crippen LogP contribution in [0.5, 0.6) is 0 Å². The zero-order chi connectivity index (χ0) is 11.3. The van der Waals surface area contributed by atoms with Crippen molar-refractivity contribution in [3.63, 3.8) is 0 Å². The number of carbonyl (C=O) groups excluding carboxylic acids is 2. The molecular weight excluding hydrogens is 182 g/mol. The van der Waals surface area contributed by atoms with Gasteiger partial charge in [-0.05, 0) is 5.92 Å². The zero-order valence-electron chi connectivity index (χ0n) is 8.99. The smallest absolute Gasteiger partial charge is 0.239 e. The third-order valence-electron chi connectivity index (χ3n) is 2.31. The highest BCUT2D eigenvalue weighted by Crippen LogP contribution is 2.07. The molecule has 0 aliphatic carbocycles. The van der Waals surface area contributed by atoms with E-state index < -0.39 is 11.9 Å². The molecule has 14 heavy (non-hydrogen) atoms. The number of nitrogens with zero attached hydrogens (tertiary/aromatic N) is 1. The van der Waals surface area contributed by atoms with Gasteiger partial charge in [0.1, 0.15) is 0 Å². The number of hydrogen-bond donors (Lipinski definition) is 2. The second-order valence-electron chi connectivity index (χ2n) is 3.57. The molecule has 0 aliphatic heterocycles. The van der Waals surface area contributed by atoms with Crippen LogP contribution in [0.15, 0.2) is 0 Å². The average molecular weight is 201 g/mol. The van der Waals surface area contributed by atoms with Crippen molar-refractivity contribution < 1.29 is 9.59 Å². The summed E-state index contributed by atoms with van der Waals surface area (Å²) < 4.78 is 0. The summed E-state index contributed by atoms with van der Waals surface area (Å²) in [6, 6.07) is -0.552. The molecule has 4 N–H and O–H groups in total. The molecule has 0 aromatic carbocycles. The Kier molecular flexibility index (Phi) is 5.15. The minimum atomic E-state index is -0.552. The van der Waals surface area contributed by atoms with Gasteiger partial charge in [-0.15, -0.1) is 0 Å². The lowest BCUT2D eigenvalue weighted by Gasteiger charge is -2.23. The van der Waals surface area contributed by atoms with Gasteiger partial charge in [-0.3, -0.25) is 9.59 Å². The first-order valence-corrected chi connectivity index (χ1v) is 4.69. The maximum atomic E-state index is 11.6. The summed E-state index contributed by atoms with van der Waals surface area (Å²) >= 11 is 0. The van der Waals surface area contributed by atoms with E-state index in [0.717, 1.165) is 6.42 Å². The van der Waals surface area contributed by atoms with Crippen LogP contribution in [0.1, 0.15) is 20.3 Å². The predicted octanol–water partition coefficient (Wildman–Crippen LogP) is -0.696. The molecular formula is C9H19N3O2. The molecule has 1 unspecified atom stereocenters. The van der Waals surface area contributed by atoms with Gasteiger partial charge in [0.15, 0.2) is 0 Å². The van der Waals surface area contributed by atoms with Crippen LogP contribution in [-0.2, 0) is 9.59 Å². The number of amides is 2. The van der Waals surface area contributed by atoms with Crippen LogP contribution in [0, 0.1) is 5.92 Å². The Morgan fingerprint density at radius 1 is 1.43 bits per heavy atom. The Labute approximate surface area is 84.4 Å². The van der Waals surface area contributed by atoms with Gasteiger partial charge in [0.25, 0.3) is 0 Å². The van der Waals surface area contributed by atoms with Crippen molar-refractivity contribution in [1.82, 2.24) is 4.90 Å². The summed E-state index contributed by atoms with van der Waals surface area (Å²) in [6.45, 7) is 3.79. The van der Waals surface area contributed by atoms with Crippen molar-refractivity contribution in [1.29, 1.82) is 0 Å². The molecule has 0 saturated carbocycles. The van der Waals surface area contributed by atoms with E-state index >= 15 is 0 Å². The first-order valence-electron chi connectivity index (χ1n) is 4.69. The van der Waals surface area contributed by atoms with Crippen LogP contribution in [-0.4, -0.2) is 36.3 Å². The van der Waals surface area contributed by atoms with Gasteiger partial charge in [-0.1, -0.05) is 20.3 Å². The molecule has 0 spiro atoms. The van der Waals surface area contributed by atoms with E-state index in [4.69, 9.17) is 11.5 Å². The fourth-order valence-corrected chi connectivity index (χ4v) is 1.06. The first kappa shape index (κ1) is 12.9. The molecule has 0 aromatic heterocycles. The van der Waals surface area contributed by atoms with Crippen LogP contribution >= 0.6 is 0 Å². The third kappa shape index (κ3) is 3.74. The summed E-state index contributed by atoms with van der Waals surface area (Å²) in [4.78, 5) is 23.4. The van der Waals surface area contributed by atoms with Crippen LogP contribution in [0.4, 0.5) is 0 Å². The van der Waals surface area contributed by atoms with Crippen LogP contribution in [0.3, 0.4) is 0 Å². The van der Waals surface area contributed by atoms with E-state index in [0.29, 0.717) is 0 Å². The van der Waals surface area contributed by atoms with E-state index in [1.54, 1.807) is 0 Å². The molecule has 2 amide bonds. The number of nitrogens with two attached hydrogens (primary N) is 2. The highest BCUT2D eigenvalue weighted by molar-refractivity contribution is 5.86. The molecule has 82 valence electrons. The lowest BCUT2D eigenvalue weighted by Crippen LogP contribution is -2.47. The minimum absolute atomic E-state index is 0.0804. The highest BCUT2D eigenvalue weighted by Gasteiger charge is 2.23. The highest BCUT2D eigenvalue weighted by atomic mass is 16.2. The molecule has 2 atom stereocenters. The number of rotatable bonds is 5. The maximum Gasteiger partial charge on any atom is 0.239 e. The summed E-state index contributed by atoms with van der Waals surface area (Å²) in [5.74, 6) is -0.659. The average Bonchev–Trinajstić information content (AvgIpc) is 2.13. The second-order valence-corrected chi connectivity index (χ2v) is 3.57. The van der Waals surface area contributed by atoms with Crippen LogP contribution in [0.2, 0.25) is 0 Å². The Bertz CT molecular complexity index is 218. The van der Waals surface area contributed by atoms with Crippen molar-refractivity contribution in [2.24, 2.45) is 17.4 Å². The third-order valence-corrected chi connectivity index (χ3v) is 2.31. The number of likely N-dealkylation sites (N-methyl/N-ethyl adjacent to an activating group) is 1. The monoisotopic (exact) mass is 201 g/mol. The molecule has 0 fully saturated rings. The minimum Gasteiger partial charge on any atom is -0.368 e. The maximum absolute atomic E-state index is 11.6. The number of primary amides is 1. The molecule has 5 heteroatoms. The molecule has 0 heterocycles. The van der Waals surface area contributed by atoms with Crippen LogP contribution in [0.25, 0.3) is 0 Å². The van der Waals surface area contributed by atoms with E-state index in [2.05, 4.69) is 0 Å². The fraction of sp³-hybridized carbons (Fsp3) is 0.778. The zero-order valence-corrected chi connectivity index (χ0v) is 8.99. The van der Waals surface area contributed by atoms with Gasteiger partial charge >= 0.3 is 0 Å². The Hall–Kier alpha value is -1.10. The second kappa shape index (κ2) is 5.59. The summed E-state index contributed by atoms with van der Waals surface area (Å²) in [5.41, 5.74) is 10.7. The molecule has 5 nitrogen and oxygen atoms in total. The standard InChI is InChI=1S/C9H19N3O2/c1-4-6(2)8(11)9(14)12(3)5-7(10)13/h6,8H,4-5,11H2,1-3H3,(H2,10,13)/t6?,8-/m0/s1. The molecule has 0 aromatic rings. The summed E-state index contributed by atoms with van der Waals surface area (Å²) in [7, 11) is 1.52. The van der Waals surface area contributed by atoms with Gasteiger partial charge in [-0.25, -0.2) is 0 Å². The fourth-order valence-electron chi connectivity index (χ4n) is 1.06. The van der Waals surface area contributed by atoms with Crippen molar-refractivity contribution in [2.45, 2.75) is 26.3 Å². The number of hydrogen-bond acceptors (Lipinski definition) is 3. The number of carbonyl (C=O) groups is 2. The molecule has 0 bridgehead atoms. The van der Waals surface area contributed by atoms with Crippen LogP contribution < -0.4 is 11.5 Å². The molecule has 0 radical (unpaired) electrons. The van der Waals surface area contributed by atoms with E-state index in [1.807, 2.05) is 13.8 Å². The quantitative estimate of drug-likeness (QED) is 0.616. The van der Waals surface area contributed by atoms with Gasteiger partial charge in [-0.2, -0.15) is 0 Å². The van der Waals surface area contributed by atoms with Gasteiger partial charge < -0.3 is 16.4 Å². The lowest BCUT2D eigenvalue weighted by molar-refractivity contribution is -0.135. The Morgan fingerprint density at radius 3 is 2.29 bits per heavy atom. The molecule has 0 aliphatic rings. The van der Waals surface area contributed by atoms with E-state index in [-0.39, 0.29) is 18.4 Å². The van der Waals surface area contributed by atoms with Gasteiger partial charge in [0.05, 0.1) is 12.6 Å². The Morgan fingerprint density at radius 2 is 1.93 bits per heavy atom. The molecule has 0 saturated heterocycles. The van der Waals surface area contributed by atoms with Crippen molar-refractivity contribution in [3.8, 4) is 0 Å². The van der Waals surface area contributed by atoms with Gasteiger partial charge in [0, 0.05) is 7.05 Å². The molecule has 0 rings (SSSR count).